The van der Waals surface area contributed by atoms with Crippen LogP contribution in [0.5, 0.6) is 11.5 Å². The van der Waals surface area contributed by atoms with Crippen LogP contribution >= 0.6 is 0 Å². The Morgan fingerprint density at radius 1 is 1.13 bits per heavy atom. The van der Waals surface area contributed by atoms with Crippen LogP contribution < -0.4 is 14.8 Å². The lowest BCUT2D eigenvalue weighted by atomic mass is 10.1. The van der Waals surface area contributed by atoms with E-state index in [0.717, 1.165) is 29.5 Å². The van der Waals surface area contributed by atoms with Gasteiger partial charge in [-0.1, -0.05) is 43.2 Å². The van der Waals surface area contributed by atoms with Crippen LogP contribution in [0.25, 0.3) is 0 Å². The molecule has 0 saturated carbocycles. The van der Waals surface area contributed by atoms with Gasteiger partial charge in [0.25, 0.3) is 5.91 Å². The molecule has 0 aliphatic rings. The molecule has 0 heterocycles. The van der Waals surface area contributed by atoms with Crippen LogP contribution in [0, 0.1) is 13.8 Å². The lowest BCUT2D eigenvalue weighted by Crippen LogP contribution is -2.49. The molecule has 0 radical (unpaired) electrons. The number of amides is 2. The third-order valence-electron chi connectivity index (χ3n) is 5.17. The number of nitrogens with zero attached hydrogens (tertiary/aromatic N) is 1. The number of rotatable bonds is 11. The summed E-state index contributed by atoms with van der Waals surface area (Å²) in [4.78, 5) is 27.3. The standard InChI is InChI=1S/C25H34N2O4/c1-6-7-13-26-25(29)20(4)27(16-21-9-8-10-22(15-21)30-5)24(28)17-31-23-12-11-18(2)14-19(23)3/h8-12,14-15,20H,6-7,13,16-17H2,1-5H3,(H,26,29). The quantitative estimate of drug-likeness (QED) is 0.551. The van der Waals surface area contributed by atoms with Gasteiger partial charge in [0, 0.05) is 13.1 Å². The molecule has 1 unspecified atom stereocenters. The molecule has 0 aromatic heterocycles. The van der Waals surface area contributed by atoms with Crippen LogP contribution in [0.1, 0.15) is 43.4 Å². The summed E-state index contributed by atoms with van der Waals surface area (Å²) >= 11 is 0. The molecular weight excluding hydrogens is 392 g/mol. The van der Waals surface area contributed by atoms with E-state index in [1.165, 1.54) is 0 Å². The Morgan fingerprint density at radius 2 is 1.90 bits per heavy atom. The molecule has 1 atom stereocenters. The van der Waals surface area contributed by atoms with Crippen molar-refractivity contribution in [3.63, 3.8) is 0 Å². The van der Waals surface area contributed by atoms with Crippen molar-refractivity contribution < 1.29 is 19.1 Å². The maximum absolute atomic E-state index is 13.1. The average molecular weight is 427 g/mol. The molecular formula is C25H34N2O4. The highest BCUT2D eigenvalue weighted by atomic mass is 16.5. The number of unbranched alkanes of at least 4 members (excludes halogenated alkanes) is 1. The highest BCUT2D eigenvalue weighted by molar-refractivity contribution is 5.88. The average Bonchev–Trinajstić information content (AvgIpc) is 2.76. The third-order valence-corrected chi connectivity index (χ3v) is 5.17. The molecule has 1 N–H and O–H groups in total. The van der Waals surface area contributed by atoms with Crippen LogP contribution in [-0.4, -0.2) is 43.0 Å². The second-order valence-corrected chi connectivity index (χ2v) is 7.75. The number of benzene rings is 2. The number of ether oxygens (including phenoxy) is 2. The van der Waals surface area contributed by atoms with Gasteiger partial charge in [0.1, 0.15) is 17.5 Å². The fourth-order valence-corrected chi connectivity index (χ4v) is 3.27. The maximum atomic E-state index is 13.1. The van der Waals surface area contributed by atoms with Crippen LogP contribution in [0.4, 0.5) is 0 Å². The Bertz CT molecular complexity index is 882. The van der Waals surface area contributed by atoms with Crippen molar-refractivity contribution in [2.45, 2.75) is 53.1 Å². The zero-order chi connectivity index (χ0) is 22.8. The number of hydrogen-bond acceptors (Lipinski definition) is 4. The Labute approximate surface area is 185 Å². The number of carbonyl (C=O) groups excluding carboxylic acids is 2. The first-order valence-corrected chi connectivity index (χ1v) is 10.8. The van der Waals surface area contributed by atoms with E-state index in [4.69, 9.17) is 9.47 Å². The molecule has 0 aliphatic heterocycles. The van der Waals surface area contributed by atoms with Crippen molar-refractivity contribution in [2.75, 3.05) is 20.3 Å². The van der Waals surface area contributed by atoms with Gasteiger partial charge in [-0.15, -0.1) is 0 Å². The van der Waals surface area contributed by atoms with Crippen molar-refractivity contribution in [1.82, 2.24) is 10.2 Å². The first-order valence-electron chi connectivity index (χ1n) is 10.8. The number of nitrogens with one attached hydrogen (secondary N) is 1. The summed E-state index contributed by atoms with van der Waals surface area (Å²) < 4.78 is 11.1. The van der Waals surface area contributed by atoms with Gasteiger partial charge in [0.05, 0.1) is 7.11 Å². The van der Waals surface area contributed by atoms with Gasteiger partial charge in [-0.3, -0.25) is 9.59 Å². The first kappa shape index (κ1) is 24.3. The van der Waals surface area contributed by atoms with Gasteiger partial charge in [0.15, 0.2) is 6.61 Å². The smallest absolute Gasteiger partial charge is 0.261 e. The monoisotopic (exact) mass is 426 g/mol. The maximum Gasteiger partial charge on any atom is 0.261 e. The Hall–Kier alpha value is -3.02. The van der Waals surface area contributed by atoms with Crippen LogP contribution in [-0.2, 0) is 16.1 Å². The normalized spacial score (nSPS) is 11.5. The van der Waals surface area contributed by atoms with Crippen molar-refractivity contribution in [3.8, 4) is 11.5 Å². The fourth-order valence-electron chi connectivity index (χ4n) is 3.27. The molecule has 2 rings (SSSR count). The minimum atomic E-state index is -0.627. The summed E-state index contributed by atoms with van der Waals surface area (Å²) in [5, 5.41) is 2.92. The van der Waals surface area contributed by atoms with Gasteiger partial charge in [0.2, 0.25) is 5.91 Å². The molecule has 0 fully saturated rings. The molecule has 0 spiro atoms. The van der Waals surface area contributed by atoms with E-state index < -0.39 is 6.04 Å². The Kier molecular flexibility index (Phi) is 9.38. The summed E-state index contributed by atoms with van der Waals surface area (Å²) in [6, 6.07) is 12.7. The van der Waals surface area contributed by atoms with Crippen molar-refractivity contribution >= 4 is 11.8 Å². The van der Waals surface area contributed by atoms with Gasteiger partial charge in [-0.25, -0.2) is 0 Å². The van der Waals surface area contributed by atoms with Gasteiger partial charge in [-0.2, -0.15) is 0 Å². The lowest BCUT2D eigenvalue weighted by Gasteiger charge is -2.29. The molecule has 0 saturated heterocycles. The predicted molar refractivity (Wildman–Crippen MR) is 122 cm³/mol. The molecule has 31 heavy (non-hydrogen) atoms. The molecule has 6 nitrogen and oxygen atoms in total. The number of carbonyl (C=O) groups is 2. The van der Waals surface area contributed by atoms with Gasteiger partial charge < -0.3 is 19.7 Å². The molecule has 168 valence electrons. The van der Waals surface area contributed by atoms with E-state index in [0.29, 0.717) is 18.0 Å². The van der Waals surface area contributed by atoms with E-state index in [-0.39, 0.29) is 25.0 Å². The topological polar surface area (TPSA) is 67.9 Å². The number of aryl methyl sites for hydroxylation is 2. The van der Waals surface area contributed by atoms with Gasteiger partial charge in [-0.05, 0) is 56.5 Å². The van der Waals surface area contributed by atoms with E-state index in [9.17, 15) is 9.59 Å². The molecule has 2 aromatic carbocycles. The minimum absolute atomic E-state index is 0.138. The Morgan fingerprint density at radius 3 is 2.58 bits per heavy atom. The van der Waals surface area contributed by atoms with E-state index in [1.54, 1.807) is 18.9 Å². The summed E-state index contributed by atoms with van der Waals surface area (Å²) in [5.41, 5.74) is 2.98. The van der Waals surface area contributed by atoms with Gasteiger partial charge >= 0.3 is 0 Å². The molecule has 0 aliphatic carbocycles. The van der Waals surface area contributed by atoms with Crippen molar-refractivity contribution in [3.05, 3.63) is 59.2 Å². The zero-order valence-corrected chi connectivity index (χ0v) is 19.2. The highest BCUT2D eigenvalue weighted by Crippen LogP contribution is 2.20. The summed E-state index contributed by atoms with van der Waals surface area (Å²) in [7, 11) is 1.60. The van der Waals surface area contributed by atoms with Crippen molar-refractivity contribution in [2.24, 2.45) is 0 Å². The van der Waals surface area contributed by atoms with Crippen LogP contribution in [0.3, 0.4) is 0 Å². The van der Waals surface area contributed by atoms with Crippen molar-refractivity contribution in [1.29, 1.82) is 0 Å². The zero-order valence-electron chi connectivity index (χ0n) is 19.2. The van der Waals surface area contributed by atoms with E-state index in [1.807, 2.05) is 56.3 Å². The summed E-state index contributed by atoms with van der Waals surface area (Å²) in [6.07, 6.45) is 1.89. The highest BCUT2D eigenvalue weighted by Gasteiger charge is 2.26. The second-order valence-electron chi connectivity index (χ2n) is 7.75. The molecule has 2 aromatic rings. The van der Waals surface area contributed by atoms with Crippen LogP contribution in [0.2, 0.25) is 0 Å². The summed E-state index contributed by atoms with van der Waals surface area (Å²) in [5.74, 6) is 0.953. The molecule has 2 amide bonds. The SMILES string of the molecule is CCCCNC(=O)C(C)N(Cc1cccc(OC)c1)C(=O)COc1ccc(C)cc1C. The first-order chi connectivity index (χ1) is 14.8. The van der Waals surface area contributed by atoms with E-state index >= 15 is 0 Å². The third kappa shape index (κ3) is 7.31. The summed E-state index contributed by atoms with van der Waals surface area (Å²) in [6.45, 7) is 8.52. The Balaban J connectivity index is 2.16. The minimum Gasteiger partial charge on any atom is -0.497 e. The number of methoxy groups -OCH3 is 1. The molecule has 0 bridgehead atoms. The molecule has 6 heteroatoms. The lowest BCUT2D eigenvalue weighted by molar-refractivity contribution is -0.142. The fraction of sp³-hybridized carbons (Fsp3) is 0.440. The van der Waals surface area contributed by atoms with Crippen LogP contribution in [0.15, 0.2) is 42.5 Å². The largest absolute Gasteiger partial charge is 0.497 e. The second kappa shape index (κ2) is 12.0. The number of hydrogen-bond donors (Lipinski definition) is 1. The van der Waals surface area contributed by atoms with E-state index in [2.05, 4.69) is 12.2 Å². The predicted octanol–water partition coefficient (Wildman–Crippen LogP) is 4.02.